The van der Waals surface area contributed by atoms with Crippen LogP contribution in [-0.4, -0.2) is 24.5 Å². The van der Waals surface area contributed by atoms with Gasteiger partial charge in [0.25, 0.3) is 0 Å². The standard InChI is InChI=1S/C22H15F2N5/c23-14-7-5-13(6-8-14)18-9-10-22-25-17-11-15(24)20(12-21(17)28(18)22)29-19-4-2-1-3-16(19)26-27-29/h1-8,11-12,18H,9-10H2. The number of fused-ring (bicyclic) bond motifs is 4. The molecule has 3 aromatic carbocycles. The normalized spacial score (nSPS) is 16.0. The highest BCUT2D eigenvalue weighted by molar-refractivity contribution is 5.82. The number of hydrogen-bond acceptors (Lipinski definition) is 3. The molecule has 5 nitrogen and oxygen atoms in total. The fourth-order valence-corrected chi connectivity index (χ4v) is 4.28. The van der Waals surface area contributed by atoms with Crippen molar-refractivity contribution < 1.29 is 8.78 Å². The lowest BCUT2D eigenvalue weighted by molar-refractivity contribution is 0.607. The van der Waals surface area contributed by atoms with Gasteiger partial charge >= 0.3 is 0 Å². The van der Waals surface area contributed by atoms with Crippen LogP contribution in [0.15, 0.2) is 60.7 Å². The van der Waals surface area contributed by atoms with E-state index in [1.54, 1.807) is 18.2 Å². The van der Waals surface area contributed by atoms with Crippen molar-refractivity contribution in [3.8, 4) is 5.69 Å². The number of aromatic nitrogens is 5. The molecule has 1 unspecified atom stereocenters. The number of rotatable bonds is 2. The van der Waals surface area contributed by atoms with Gasteiger partial charge in [-0.2, -0.15) is 0 Å². The summed E-state index contributed by atoms with van der Waals surface area (Å²) < 4.78 is 32.0. The molecular weight excluding hydrogens is 372 g/mol. The monoisotopic (exact) mass is 387 g/mol. The summed E-state index contributed by atoms with van der Waals surface area (Å²) in [4.78, 5) is 4.64. The molecular formula is C22H15F2N5. The van der Waals surface area contributed by atoms with Gasteiger partial charge in [0.15, 0.2) is 5.82 Å². The van der Waals surface area contributed by atoms with Gasteiger partial charge in [-0.05, 0) is 42.3 Å². The third-order valence-corrected chi connectivity index (χ3v) is 5.62. The van der Waals surface area contributed by atoms with Crippen molar-refractivity contribution in [3.63, 3.8) is 0 Å². The second-order valence-corrected chi connectivity index (χ2v) is 7.29. The predicted octanol–water partition coefficient (Wildman–Crippen LogP) is 4.58. The molecule has 7 heteroatoms. The Bertz CT molecular complexity index is 1380. The molecule has 0 spiro atoms. The van der Waals surface area contributed by atoms with E-state index >= 15 is 0 Å². The Morgan fingerprint density at radius 1 is 0.897 bits per heavy atom. The van der Waals surface area contributed by atoms with Crippen molar-refractivity contribution in [2.45, 2.75) is 18.9 Å². The highest BCUT2D eigenvalue weighted by Crippen LogP contribution is 2.36. The Kier molecular flexibility index (Phi) is 3.35. The molecule has 0 amide bonds. The minimum Gasteiger partial charge on any atom is -0.320 e. The molecule has 0 N–H and O–H groups in total. The summed E-state index contributed by atoms with van der Waals surface area (Å²) in [7, 11) is 0. The van der Waals surface area contributed by atoms with Gasteiger partial charge in [-0.15, -0.1) is 5.10 Å². The maximum absolute atomic E-state index is 15.0. The first-order chi connectivity index (χ1) is 14.2. The molecule has 2 aromatic heterocycles. The summed E-state index contributed by atoms with van der Waals surface area (Å²) in [5.74, 6) is 0.252. The van der Waals surface area contributed by atoms with Crippen molar-refractivity contribution in [3.05, 3.63) is 83.7 Å². The average Bonchev–Trinajstić information content (AvgIpc) is 3.41. The van der Waals surface area contributed by atoms with Crippen molar-refractivity contribution in [1.82, 2.24) is 24.5 Å². The number of aryl methyl sites for hydroxylation is 1. The molecule has 142 valence electrons. The molecule has 0 radical (unpaired) electrons. The topological polar surface area (TPSA) is 48.5 Å². The molecule has 0 aliphatic carbocycles. The number of para-hydroxylation sites is 1. The fraction of sp³-hybridized carbons (Fsp3) is 0.136. The van der Waals surface area contributed by atoms with Crippen LogP contribution in [0.4, 0.5) is 8.78 Å². The zero-order valence-electron chi connectivity index (χ0n) is 15.3. The molecule has 1 aliphatic rings. The van der Waals surface area contributed by atoms with E-state index in [0.29, 0.717) is 16.7 Å². The van der Waals surface area contributed by atoms with E-state index in [9.17, 15) is 8.78 Å². The molecule has 3 heterocycles. The van der Waals surface area contributed by atoms with Crippen LogP contribution in [0.3, 0.4) is 0 Å². The molecule has 0 saturated heterocycles. The minimum atomic E-state index is -0.400. The van der Waals surface area contributed by atoms with Crippen LogP contribution in [0.25, 0.3) is 27.8 Å². The van der Waals surface area contributed by atoms with Crippen LogP contribution < -0.4 is 0 Å². The number of benzene rings is 3. The Morgan fingerprint density at radius 2 is 1.72 bits per heavy atom. The third kappa shape index (κ3) is 2.40. The van der Waals surface area contributed by atoms with Crippen LogP contribution in [0, 0.1) is 11.6 Å². The van der Waals surface area contributed by atoms with E-state index < -0.39 is 5.82 Å². The van der Waals surface area contributed by atoms with Gasteiger partial charge < -0.3 is 4.57 Å². The quantitative estimate of drug-likeness (QED) is 0.445. The van der Waals surface area contributed by atoms with Crippen molar-refractivity contribution in [1.29, 1.82) is 0 Å². The molecule has 0 fully saturated rings. The Labute approximate surface area is 164 Å². The van der Waals surface area contributed by atoms with Crippen LogP contribution in [0.2, 0.25) is 0 Å². The van der Waals surface area contributed by atoms with Gasteiger partial charge in [-0.25, -0.2) is 18.4 Å². The van der Waals surface area contributed by atoms with Gasteiger partial charge in [0.1, 0.15) is 22.8 Å². The fourth-order valence-electron chi connectivity index (χ4n) is 4.28. The van der Waals surface area contributed by atoms with Gasteiger partial charge in [-0.3, -0.25) is 0 Å². The second-order valence-electron chi connectivity index (χ2n) is 7.29. The number of halogens is 2. The second kappa shape index (κ2) is 5.94. The highest BCUT2D eigenvalue weighted by atomic mass is 19.1. The van der Waals surface area contributed by atoms with E-state index in [1.165, 1.54) is 22.9 Å². The lowest BCUT2D eigenvalue weighted by Gasteiger charge is -2.15. The van der Waals surface area contributed by atoms with Gasteiger partial charge in [-0.1, -0.05) is 29.5 Å². The van der Waals surface area contributed by atoms with E-state index in [-0.39, 0.29) is 11.9 Å². The predicted molar refractivity (Wildman–Crippen MR) is 105 cm³/mol. The van der Waals surface area contributed by atoms with E-state index in [2.05, 4.69) is 19.9 Å². The summed E-state index contributed by atoms with van der Waals surface area (Å²) in [6.45, 7) is 0. The average molecular weight is 387 g/mol. The summed E-state index contributed by atoms with van der Waals surface area (Å²) in [6.07, 6.45) is 1.67. The first-order valence-corrected chi connectivity index (χ1v) is 9.46. The molecule has 29 heavy (non-hydrogen) atoms. The Hall–Kier alpha value is -3.61. The molecule has 0 saturated carbocycles. The number of imidazole rings is 1. The van der Waals surface area contributed by atoms with Gasteiger partial charge in [0.05, 0.1) is 22.6 Å². The largest absolute Gasteiger partial charge is 0.320 e. The van der Waals surface area contributed by atoms with Crippen LogP contribution in [0.5, 0.6) is 0 Å². The smallest absolute Gasteiger partial charge is 0.151 e. The lowest BCUT2D eigenvalue weighted by Crippen LogP contribution is -2.07. The lowest BCUT2D eigenvalue weighted by atomic mass is 10.0. The zero-order chi connectivity index (χ0) is 19.5. The summed E-state index contributed by atoms with van der Waals surface area (Å²) in [6, 6.07) is 17.3. The maximum atomic E-state index is 15.0. The van der Waals surface area contributed by atoms with Crippen molar-refractivity contribution >= 4 is 22.1 Å². The molecule has 0 bridgehead atoms. The maximum Gasteiger partial charge on any atom is 0.151 e. The first-order valence-electron chi connectivity index (χ1n) is 9.46. The Morgan fingerprint density at radius 3 is 2.59 bits per heavy atom. The first kappa shape index (κ1) is 16.4. The molecule has 1 atom stereocenters. The zero-order valence-corrected chi connectivity index (χ0v) is 15.3. The van der Waals surface area contributed by atoms with E-state index in [0.717, 1.165) is 35.3 Å². The molecule has 1 aliphatic heterocycles. The van der Waals surface area contributed by atoms with Crippen LogP contribution in [0.1, 0.15) is 23.9 Å². The summed E-state index contributed by atoms with van der Waals surface area (Å²) >= 11 is 0. The van der Waals surface area contributed by atoms with Gasteiger partial charge in [0, 0.05) is 12.5 Å². The van der Waals surface area contributed by atoms with Crippen molar-refractivity contribution in [2.75, 3.05) is 0 Å². The number of nitrogens with zero attached hydrogens (tertiary/aromatic N) is 5. The van der Waals surface area contributed by atoms with E-state index in [1.807, 2.05) is 24.3 Å². The van der Waals surface area contributed by atoms with Crippen molar-refractivity contribution in [2.24, 2.45) is 0 Å². The molecule has 6 rings (SSSR count). The van der Waals surface area contributed by atoms with Gasteiger partial charge in [0.2, 0.25) is 0 Å². The summed E-state index contributed by atoms with van der Waals surface area (Å²) in [5, 5.41) is 8.29. The molecule has 5 aromatic rings. The third-order valence-electron chi connectivity index (χ3n) is 5.62. The Balaban J connectivity index is 1.56. The minimum absolute atomic E-state index is 0.0430. The number of hydrogen-bond donors (Lipinski definition) is 0. The van der Waals surface area contributed by atoms with E-state index in [4.69, 9.17) is 0 Å². The highest BCUT2D eigenvalue weighted by Gasteiger charge is 2.28. The SMILES string of the molecule is Fc1ccc(C2CCc3nc4cc(F)c(-n5nnc6ccccc65)cc4n32)cc1. The summed E-state index contributed by atoms with van der Waals surface area (Å²) in [5.41, 5.74) is 4.23. The van der Waals surface area contributed by atoms with Crippen LogP contribution >= 0.6 is 0 Å². The van der Waals surface area contributed by atoms with Crippen LogP contribution in [-0.2, 0) is 6.42 Å².